The summed E-state index contributed by atoms with van der Waals surface area (Å²) in [7, 11) is 0. The number of rotatable bonds is 2. The number of benzene rings is 2. The molecule has 0 heterocycles. The largest absolute Gasteiger partial charge is 0.320 e. The van der Waals surface area contributed by atoms with Crippen LogP contribution in [0.1, 0.15) is 17.2 Å². The van der Waals surface area contributed by atoms with Crippen LogP contribution in [0, 0.1) is 11.6 Å². The third kappa shape index (κ3) is 2.46. The van der Waals surface area contributed by atoms with Crippen LogP contribution in [0.3, 0.4) is 0 Å². The van der Waals surface area contributed by atoms with E-state index in [-0.39, 0.29) is 5.02 Å². The van der Waals surface area contributed by atoms with E-state index in [2.05, 4.69) is 0 Å². The van der Waals surface area contributed by atoms with Crippen molar-refractivity contribution < 1.29 is 8.78 Å². The van der Waals surface area contributed by atoms with E-state index in [9.17, 15) is 8.78 Å². The predicted octanol–water partition coefficient (Wildman–Crippen LogP) is 3.67. The van der Waals surface area contributed by atoms with Gasteiger partial charge in [0, 0.05) is 10.6 Å². The summed E-state index contributed by atoms with van der Waals surface area (Å²) < 4.78 is 26.4. The zero-order valence-electron chi connectivity index (χ0n) is 8.83. The molecule has 0 radical (unpaired) electrons. The van der Waals surface area contributed by atoms with Gasteiger partial charge in [0.2, 0.25) is 0 Å². The SMILES string of the molecule is NC(c1ccccc1F)c1ccc(F)cc1Cl. The molecule has 1 atom stereocenters. The van der Waals surface area contributed by atoms with E-state index in [1.165, 1.54) is 18.2 Å². The van der Waals surface area contributed by atoms with Gasteiger partial charge in [-0.15, -0.1) is 0 Å². The molecule has 4 heteroatoms. The van der Waals surface area contributed by atoms with Crippen molar-refractivity contribution in [1.29, 1.82) is 0 Å². The zero-order chi connectivity index (χ0) is 12.4. The molecule has 88 valence electrons. The van der Waals surface area contributed by atoms with Gasteiger partial charge in [-0.3, -0.25) is 0 Å². The molecule has 0 bridgehead atoms. The Morgan fingerprint density at radius 2 is 1.71 bits per heavy atom. The second kappa shape index (κ2) is 4.82. The number of hydrogen-bond donors (Lipinski definition) is 1. The molecule has 0 aliphatic heterocycles. The summed E-state index contributed by atoms with van der Waals surface area (Å²) in [5, 5.41) is 0.195. The third-order valence-corrected chi connectivity index (χ3v) is 2.87. The molecule has 0 amide bonds. The van der Waals surface area contributed by atoms with Gasteiger partial charge in [-0.1, -0.05) is 35.9 Å². The molecule has 0 spiro atoms. The van der Waals surface area contributed by atoms with Crippen LogP contribution in [0.2, 0.25) is 5.02 Å². The fourth-order valence-electron chi connectivity index (χ4n) is 1.65. The van der Waals surface area contributed by atoms with Crippen molar-refractivity contribution in [2.75, 3.05) is 0 Å². The first-order valence-electron chi connectivity index (χ1n) is 5.04. The molecule has 2 aromatic rings. The van der Waals surface area contributed by atoms with Crippen LogP contribution < -0.4 is 5.73 Å². The minimum absolute atomic E-state index is 0.195. The van der Waals surface area contributed by atoms with E-state index in [1.54, 1.807) is 18.2 Å². The number of nitrogens with two attached hydrogens (primary N) is 1. The minimum Gasteiger partial charge on any atom is -0.320 e. The topological polar surface area (TPSA) is 26.0 Å². The van der Waals surface area contributed by atoms with Gasteiger partial charge in [-0.05, 0) is 23.8 Å². The molecule has 17 heavy (non-hydrogen) atoms. The molecule has 0 saturated heterocycles. The summed E-state index contributed by atoms with van der Waals surface area (Å²) in [6.45, 7) is 0. The quantitative estimate of drug-likeness (QED) is 0.868. The lowest BCUT2D eigenvalue weighted by Gasteiger charge is -2.14. The van der Waals surface area contributed by atoms with Gasteiger partial charge in [0.15, 0.2) is 0 Å². The highest BCUT2D eigenvalue weighted by molar-refractivity contribution is 6.31. The molecule has 0 aliphatic rings. The van der Waals surface area contributed by atoms with Crippen molar-refractivity contribution in [1.82, 2.24) is 0 Å². The van der Waals surface area contributed by atoms with E-state index in [0.29, 0.717) is 11.1 Å². The summed E-state index contributed by atoms with van der Waals surface area (Å²) in [6.07, 6.45) is 0. The molecule has 0 aromatic heterocycles. The smallest absolute Gasteiger partial charge is 0.128 e. The van der Waals surface area contributed by atoms with Crippen molar-refractivity contribution in [3.05, 3.63) is 70.2 Å². The summed E-state index contributed by atoms with van der Waals surface area (Å²) in [4.78, 5) is 0. The molecule has 2 rings (SSSR count). The van der Waals surface area contributed by atoms with E-state index in [1.807, 2.05) is 0 Å². The zero-order valence-corrected chi connectivity index (χ0v) is 9.59. The maximum atomic E-state index is 13.5. The number of hydrogen-bond acceptors (Lipinski definition) is 1. The monoisotopic (exact) mass is 253 g/mol. The molecular formula is C13H10ClF2N. The van der Waals surface area contributed by atoms with Gasteiger partial charge < -0.3 is 5.73 Å². The molecule has 1 nitrogen and oxygen atoms in total. The van der Waals surface area contributed by atoms with Crippen molar-refractivity contribution >= 4 is 11.6 Å². The van der Waals surface area contributed by atoms with Crippen LogP contribution in [0.5, 0.6) is 0 Å². The summed E-state index contributed by atoms with van der Waals surface area (Å²) >= 11 is 5.88. The second-order valence-corrected chi connectivity index (χ2v) is 4.07. The Bertz CT molecular complexity index is 543. The highest BCUT2D eigenvalue weighted by Crippen LogP contribution is 2.28. The Hall–Kier alpha value is -1.45. The standard InChI is InChI=1S/C13H10ClF2N/c14-11-7-8(15)5-6-9(11)13(17)10-3-1-2-4-12(10)16/h1-7,13H,17H2. The van der Waals surface area contributed by atoms with Crippen molar-refractivity contribution in [3.63, 3.8) is 0 Å². The Morgan fingerprint density at radius 3 is 2.35 bits per heavy atom. The molecule has 0 aliphatic carbocycles. The van der Waals surface area contributed by atoms with Crippen LogP contribution in [0.15, 0.2) is 42.5 Å². The van der Waals surface area contributed by atoms with E-state index >= 15 is 0 Å². The van der Waals surface area contributed by atoms with Crippen molar-refractivity contribution in [2.24, 2.45) is 5.73 Å². The molecule has 0 fully saturated rings. The van der Waals surface area contributed by atoms with Crippen molar-refractivity contribution in [3.8, 4) is 0 Å². The lowest BCUT2D eigenvalue weighted by atomic mass is 9.99. The van der Waals surface area contributed by atoms with Gasteiger partial charge in [0.05, 0.1) is 6.04 Å². The molecule has 2 aromatic carbocycles. The predicted molar refractivity (Wildman–Crippen MR) is 63.8 cm³/mol. The summed E-state index contributed by atoms with van der Waals surface area (Å²) in [5.41, 5.74) is 6.75. The highest BCUT2D eigenvalue weighted by atomic mass is 35.5. The first-order chi connectivity index (χ1) is 8.09. The van der Waals surface area contributed by atoms with E-state index in [0.717, 1.165) is 6.07 Å². The Kier molecular flexibility index (Phi) is 3.41. The minimum atomic E-state index is -0.704. The fourth-order valence-corrected chi connectivity index (χ4v) is 1.93. The van der Waals surface area contributed by atoms with Gasteiger partial charge in [-0.2, -0.15) is 0 Å². The van der Waals surface area contributed by atoms with Crippen molar-refractivity contribution in [2.45, 2.75) is 6.04 Å². The van der Waals surface area contributed by atoms with Gasteiger partial charge in [0.1, 0.15) is 11.6 Å². The van der Waals surface area contributed by atoms with E-state index < -0.39 is 17.7 Å². The van der Waals surface area contributed by atoms with Crippen LogP contribution in [-0.2, 0) is 0 Å². The summed E-state index contributed by atoms with van der Waals surface area (Å²) in [5.74, 6) is -0.847. The molecule has 1 unspecified atom stereocenters. The lowest BCUT2D eigenvalue weighted by Crippen LogP contribution is -2.14. The Labute approximate surface area is 103 Å². The lowest BCUT2D eigenvalue weighted by molar-refractivity contribution is 0.598. The summed E-state index contributed by atoms with van der Waals surface area (Å²) in [6, 6.07) is 9.36. The van der Waals surface area contributed by atoms with Crippen LogP contribution >= 0.6 is 11.6 Å². The maximum absolute atomic E-state index is 13.5. The highest BCUT2D eigenvalue weighted by Gasteiger charge is 2.16. The Morgan fingerprint density at radius 1 is 1.00 bits per heavy atom. The normalized spacial score (nSPS) is 12.5. The number of halogens is 3. The first kappa shape index (κ1) is 12.0. The van der Waals surface area contributed by atoms with Gasteiger partial charge in [0.25, 0.3) is 0 Å². The first-order valence-corrected chi connectivity index (χ1v) is 5.42. The average molecular weight is 254 g/mol. The molecular weight excluding hydrogens is 244 g/mol. The fraction of sp³-hybridized carbons (Fsp3) is 0.0769. The average Bonchev–Trinajstić information content (AvgIpc) is 2.29. The van der Waals surface area contributed by atoms with Gasteiger partial charge in [-0.25, -0.2) is 8.78 Å². The van der Waals surface area contributed by atoms with Crippen LogP contribution in [0.4, 0.5) is 8.78 Å². The van der Waals surface area contributed by atoms with E-state index in [4.69, 9.17) is 17.3 Å². The Balaban J connectivity index is 2.44. The van der Waals surface area contributed by atoms with Gasteiger partial charge >= 0.3 is 0 Å². The maximum Gasteiger partial charge on any atom is 0.128 e. The second-order valence-electron chi connectivity index (χ2n) is 3.67. The third-order valence-electron chi connectivity index (χ3n) is 2.54. The van der Waals surface area contributed by atoms with Crippen LogP contribution in [-0.4, -0.2) is 0 Å². The molecule has 0 saturated carbocycles. The molecule has 2 N–H and O–H groups in total. The van der Waals surface area contributed by atoms with Crippen LogP contribution in [0.25, 0.3) is 0 Å².